The maximum Gasteiger partial charge on any atom is 0.167 e. The second-order valence-electron chi connectivity index (χ2n) is 2.98. The third-order valence-corrected chi connectivity index (χ3v) is 2.14. The minimum atomic E-state index is 0.395. The van der Waals surface area contributed by atoms with Crippen molar-refractivity contribution in [1.29, 1.82) is 0 Å². The van der Waals surface area contributed by atoms with Crippen molar-refractivity contribution < 1.29 is 0 Å². The molecule has 2 rings (SSSR count). The first-order valence-electron chi connectivity index (χ1n) is 4.08. The van der Waals surface area contributed by atoms with Gasteiger partial charge in [0.25, 0.3) is 0 Å². The first-order chi connectivity index (χ1) is 5.88. The van der Waals surface area contributed by atoms with Gasteiger partial charge in [-0.3, -0.25) is 4.99 Å². The number of benzene rings is 1. The van der Waals surface area contributed by atoms with Gasteiger partial charge in [0.1, 0.15) is 0 Å². The third-order valence-electron chi connectivity index (χ3n) is 2.14. The van der Waals surface area contributed by atoms with E-state index < -0.39 is 0 Å². The second-order valence-corrected chi connectivity index (χ2v) is 2.98. The van der Waals surface area contributed by atoms with E-state index >= 15 is 0 Å². The highest BCUT2D eigenvalue weighted by Crippen LogP contribution is 2.21. The highest BCUT2D eigenvalue weighted by atomic mass is 15.2. The molecule has 0 saturated heterocycles. The van der Waals surface area contributed by atoms with E-state index in [0.717, 1.165) is 6.54 Å². The molecule has 12 heavy (non-hydrogen) atoms. The van der Waals surface area contributed by atoms with E-state index in [4.69, 9.17) is 0 Å². The summed E-state index contributed by atoms with van der Waals surface area (Å²) in [6.07, 6.45) is 2.93. The molecule has 1 aliphatic rings. The molecule has 1 atom stereocenters. The average Bonchev–Trinajstić information content (AvgIpc) is 2.53. The lowest BCUT2D eigenvalue weighted by atomic mass is 10.1. The molecule has 0 N–H and O–H groups in total. The molecule has 1 heterocycles. The number of rotatable bonds is 1. The van der Waals surface area contributed by atoms with Crippen molar-refractivity contribution in [3.8, 4) is 0 Å². The van der Waals surface area contributed by atoms with Gasteiger partial charge in [-0.05, 0) is 5.56 Å². The number of hydrogen-bond donors (Lipinski definition) is 0. The Morgan fingerprint density at radius 2 is 2.17 bits per heavy atom. The van der Waals surface area contributed by atoms with Crippen molar-refractivity contribution in [2.75, 3.05) is 13.6 Å². The molecule has 2 nitrogen and oxygen atoms in total. The molecular formula is C10H11N2. The number of aliphatic imine (C=N–C) groups is 1. The van der Waals surface area contributed by atoms with Crippen molar-refractivity contribution in [3.05, 3.63) is 35.9 Å². The molecule has 0 bridgehead atoms. The molecule has 1 radical (unpaired) electrons. The van der Waals surface area contributed by atoms with E-state index in [1.807, 2.05) is 18.0 Å². The van der Waals surface area contributed by atoms with E-state index in [1.165, 1.54) is 5.56 Å². The third kappa shape index (κ3) is 1.20. The molecular weight excluding hydrogens is 148 g/mol. The minimum absolute atomic E-state index is 0.395. The van der Waals surface area contributed by atoms with Crippen LogP contribution in [0.4, 0.5) is 0 Å². The molecule has 0 unspecified atom stereocenters. The van der Waals surface area contributed by atoms with Crippen LogP contribution < -0.4 is 0 Å². The number of hydrogen-bond acceptors (Lipinski definition) is 2. The van der Waals surface area contributed by atoms with Crippen LogP contribution >= 0.6 is 0 Å². The van der Waals surface area contributed by atoms with Gasteiger partial charge in [-0.2, -0.15) is 0 Å². The molecule has 61 valence electrons. The quantitative estimate of drug-likeness (QED) is 0.607. The van der Waals surface area contributed by atoms with Gasteiger partial charge in [-0.15, -0.1) is 0 Å². The summed E-state index contributed by atoms with van der Waals surface area (Å²) in [5.41, 5.74) is 1.31. The normalized spacial score (nSPS) is 21.8. The lowest BCUT2D eigenvalue weighted by Gasteiger charge is -2.18. The van der Waals surface area contributed by atoms with Gasteiger partial charge >= 0.3 is 0 Å². The standard InChI is InChI=1S/C10H11N2/c1-12-8-11-7-10(12)9-5-3-2-4-6-9/h2-6,10H,7H2,1H3/t10-/m1/s1. The van der Waals surface area contributed by atoms with E-state index in [0.29, 0.717) is 6.04 Å². The molecule has 0 fully saturated rings. The maximum absolute atomic E-state index is 4.10. The Labute approximate surface area is 72.5 Å². The largest absolute Gasteiger partial charge is 0.348 e. The Morgan fingerprint density at radius 3 is 2.75 bits per heavy atom. The Kier molecular flexibility index (Phi) is 1.82. The summed E-state index contributed by atoms with van der Waals surface area (Å²) in [6.45, 7) is 0.834. The lowest BCUT2D eigenvalue weighted by molar-refractivity contribution is 0.426. The fourth-order valence-electron chi connectivity index (χ4n) is 1.44. The van der Waals surface area contributed by atoms with Crippen LogP contribution in [0, 0.1) is 0 Å². The summed E-state index contributed by atoms with van der Waals surface area (Å²) in [4.78, 5) is 6.12. The topological polar surface area (TPSA) is 15.6 Å². The van der Waals surface area contributed by atoms with E-state index in [2.05, 4.69) is 35.6 Å². The van der Waals surface area contributed by atoms with Crippen molar-refractivity contribution in [2.45, 2.75) is 6.04 Å². The molecule has 1 aromatic rings. The Morgan fingerprint density at radius 1 is 1.42 bits per heavy atom. The van der Waals surface area contributed by atoms with Crippen molar-refractivity contribution in [2.24, 2.45) is 4.99 Å². The predicted octanol–water partition coefficient (Wildman–Crippen LogP) is 1.58. The molecule has 0 aliphatic carbocycles. The first-order valence-corrected chi connectivity index (χ1v) is 4.08. The maximum atomic E-state index is 4.10. The van der Waals surface area contributed by atoms with Gasteiger partial charge in [-0.25, -0.2) is 0 Å². The van der Waals surface area contributed by atoms with Crippen LogP contribution in [0.25, 0.3) is 0 Å². The summed E-state index contributed by atoms with van der Waals surface area (Å²) in [5, 5.41) is 0. The van der Waals surface area contributed by atoms with Crippen LogP contribution in [-0.2, 0) is 0 Å². The average molecular weight is 159 g/mol. The Hall–Kier alpha value is -1.31. The van der Waals surface area contributed by atoms with Crippen molar-refractivity contribution in [3.63, 3.8) is 0 Å². The molecule has 0 aromatic heterocycles. The van der Waals surface area contributed by atoms with Gasteiger partial charge in [0, 0.05) is 7.05 Å². The minimum Gasteiger partial charge on any atom is -0.348 e. The van der Waals surface area contributed by atoms with Crippen LogP contribution in [0.1, 0.15) is 11.6 Å². The van der Waals surface area contributed by atoms with Crippen molar-refractivity contribution >= 4 is 6.34 Å². The van der Waals surface area contributed by atoms with Gasteiger partial charge < -0.3 is 4.90 Å². The van der Waals surface area contributed by atoms with Gasteiger partial charge in [0.2, 0.25) is 0 Å². The van der Waals surface area contributed by atoms with E-state index in [-0.39, 0.29) is 0 Å². The molecule has 0 amide bonds. The summed E-state index contributed by atoms with van der Waals surface area (Å²) < 4.78 is 0. The van der Waals surface area contributed by atoms with Crippen LogP contribution in [0.3, 0.4) is 0 Å². The monoisotopic (exact) mass is 159 g/mol. The first kappa shape index (κ1) is 7.35. The molecule has 1 aromatic carbocycles. The lowest BCUT2D eigenvalue weighted by Crippen LogP contribution is -2.19. The van der Waals surface area contributed by atoms with Gasteiger partial charge in [0.05, 0.1) is 12.6 Å². The van der Waals surface area contributed by atoms with Crippen LogP contribution in [0.2, 0.25) is 0 Å². The van der Waals surface area contributed by atoms with Gasteiger partial charge in [0.15, 0.2) is 6.34 Å². The smallest absolute Gasteiger partial charge is 0.167 e. The SMILES string of the molecule is CN1[C]=NC[C@@H]1c1ccccc1. The fraction of sp³-hybridized carbons (Fsp3) is 0.300. The molecule has 0 saturated carbocycles. The number of likely N-dealkylation sites (N-methyl/N-ethyl adjacent to an activating group) is 1. The zero-order valence-electron chi connectivity index (χ0n) is 7.07. The molecule has 1 aliphatic heterocycles. The van der Waals surface area contributed by atoms with Crippen LogP contribution in [0.15, 0.2) is 35.3 Å². The fourth-order valence-corrected chi connectivity index (χ4v) is 1.44. The summed E-state index contributed by atoms with van der Waals surface area (Å²) in [6, 6.07) is 10.8. The molecule has 2 heteroatoms. The van der Waals surface area contributed by atoms with E-state index in [1.54, 1.807) is 0 Å². The highest BCUT2D eigenvalue weighted by Gasteiger charge is 2.18. The molecule has 0 spiro atoms. The van der Waals surface area contributed by atoms with Gasteiger partial charge in [-0.1, -0.05) is 30.3 Å². The van der Waals surface area contributed by atoms with Crippen molar-refractivity contribution in [1.82, 2.24) is 4.90 Å². The Balaban J connectivity index is 2.22. The zero-order valence-corrected chi connectivity index (χ0v) is 7.07. The number of nitrogens with zero attached hydrogens (tertiary/aromatic N) is 2. The second kappa shape index (κ2) is 2.97. The highest BCUT2D eigenvalue weighted by molar-refractivity contribution is 5.58. The summed E-state index contributed by atoms with van der Waals surface area (Å²) in [5.74, 6) is 0. The van der Waals surface area contributed by atoms with E-state index in [9.17, 15) is 0 Å². The van der Waals surface area contributed by atoms with Crippen LogP contribution in [-0.4, -0.2) is 24.8 Å². The predicted molar refractivity (Wildman–Crippen MR) is 49.2 cm³/mol. The summed E-state index contributed by atoms with van der Waals surface area (Å²) in [7, 11) is 2.01. The zero-order chi connectivity index (χ0) is 8.39. The van der Waals surface area contributed by atoms with Crippen LogP contribution in [0.5, 0.6) is 0 Å². The Bertz CT molecular complexity index is 279. The summed E-state index contributed by atoms with van der Waals surface area (Å²) >= 11 is 0.